The molecule has 7 heteroatoms. The maximum absolute atomic E-state index is 5.34. The number of methoxy groups -OCH3 is 1. The average Bonchev–Trinajstić information content (AvgIpc) is 2.93. The zero-order valence-corrected chi connectivity index (χ0v) is 17.2. The first-order valence-corrected chi connectivity index (χ1v) is 8.19. The van der Waals surface area contributed by atoms with E-state index in [9.17, 15) is 0 Å². The molecule has 120 valence electrons. The van der Waals surface area contributed by atoms with Crippen LogP contribution in [0.2, 0.25) is 0 Å². The van der Waals surface area contributed by atoms with Gasteiger partial charge in [-0.25, -0.2) is 0 Å². The monoisotopic (exact) mass is 495 g/mol. The lowest BCUT2D eigenvalue weighted by molar-refractivity contribution is 0.409. The van der Waals surface area contributed by atoms with E-state index in [2.05, 4.69) is 43.0 Å². The van der Waals surface area contributed by atoms with Gasteiger partial charge in [0, 0.05) is 33.9 Å². The summed E-state index contributed by atoms with van der Waals surface area (Å²) in [6.45, 7) is 1.42. The van der Waals surface area contributed by atoms with E-state index in [1.807, 2.05) is 24.3 Å². The van der Waals surface area contributed by atoms with Crippen LogP contribution in [0.4, 0.5) is 0 Å². The van der Waals surface area contributed by atoms with Crippen molar-refractivity contribution >= 4 is 57.2 Å². The molecule has 0 aliphatic carbocycles. The molecule has 0 aliphatic rings. The summed E-state index contributed by atoms with van der Waals surface area (Å²) in [6.07, 6.45) is 0. The standard InChI is InChI=1S/C15H18BrN3OS.HI/c1-17-15(19-9-13-7-12(16)10-21-13)18-8-11-5-3-4-6-14(11)20-2;/h3-7,10H,8-9H2,1-2H3,(H2,17,18,19);1H. The van der Waals surface area contributed by atoms with Crippen molar-refractivity contribution in [2.75, 3.05) is 14.2 Å². The van der Waals surface area contributed by atoms with E-state index in [0.29, 0.717) is 6.54 Å². The van der Waals surface area contributed by atoms with E-state index < -0.39 is 0 Å². The zero-order valence-electron chi connectivity index (χ0n) is 12.4. The van der Waals surface area contributed by atoms with E-state index in [4.69, 9.17) is 4.74 Å². The Morgan fingerprint density at radius 2 is 2.00 bits per heavy atom. The normalized spacial score (nSPS) is 10.8. The number of nitrogens with one attached hydrogen (secondary N) is 2. The molecule has 1 aromatic carbocycles. The molecule has 0 atom stereocenters. The van der Waals surface area contributed by atoms with Gasteiger partial charge in [0.1, 0.15) is 5.75 Å². The zero-order chi connectivity index (χ0) is 15.1. The highest BCUT2D eigenvalue weighted by Crippen LogP contribution is 2.19. The number of benzene rings is 1. The number of ether oxygens (including phenoxy) is 1. The smallest absolute Gasteiger partial charge is 0.191 e. The first-order chi connectivity index (χ1) is 10.2. The molecule has 0 unspecified atom stereocenters. The summed E-state index contributed by atoms with van der Waals surface area (Å²) in [5.74, 6) is 1.65. The van der Waals surface area contributed by atoms with Gasteiger partial charge in [0.2, 0.25) is 0 Å². The van der Waals surface area contributed by atoms with Crippen LogP contribution in [0.1, 0.15) is 10.4 Å². The number of nitrogens with zero attached hydrogens (tertiary/aromatic N) is 1. The Morgan fingerprint density at radius 3 is 2.64 bits per heavy atom. The predicted molar refractivity (Wildman–Crippen MR) is 107 cm³/mol. The number of guanidine groups is 1. The Balaban J connectivity index is 0.00000242. The van der Waals surface area contributed by atoms with Gasteiger partial charge < -0.3 is 15.4 Å². The fourth-order valence-electron chi connectivity index (χ4n) is 1.87. The third-order valence-electron chi connectivity index (χ3n) is 2.91. The molecule has 0 saturated carbocycles. The summed E-state index contributed by atoms with van der Waals surface area (Å²) in [5, 5.41) is 8.66. The average molecular weight is 496 g/mol. The maximum atomic E-state index is 5.34. The topological polar surface area (TPSA) is 45.7 Å². The van der Waals surface area contributed by atoms with E-state index in [0.717, 1.165) is 28.3 Å². The van der Waals surface area contributed by atoms with E-state index in [1.54, 1.807) is 25.5 Å². The van der Waals surface area contributed by atoms with Gasteiger partial charge in [-0.05, 0) is 28.1 Å². The first-order valence-electron chi connectivity index (χ1n) is 6.52. The molecule has 0 amide bonds. The number of halogens is 2. The second kappa shape index (κ2) is 10.1. The molecule has 2 aromatic rings. The van der Waals surface area contributed by atoms with Gasteiger partial charge in [0.05, 0.1) is 13.7 Å². The minimum Gasteiger partial charge on any atom is -0.496 e. The van der Waals surface area contributed by atoms with E-state index in [-0.39, 0.29) is 24.0 Å². The number of aliphatic imine (C=N–C) groups is 1. The highest BCUT2D eigenvalue weighted by Gasteiger charge is 2.04. The van der Waals surface area contributed by atoms with Gasteiger partial charge in [0.25, 0.3) is 0 Å². The largest absolute Gasteiger partial charge is 0.496 e. The van der Waals surface area contributed by atoms with Crippen LogP contribution in [0.15, 0.2) is 45.2 Å². The minimum atomic E-state index is 0. The summed E-state index contributed by atoms with van der Waals surface area (Å²) in [7, 11) is 3.45. The van der Waals surface area contributed by atoms with Gasteiger partial charge in [0.15, 0.2) is 5.96 Å². The molecule has 0 fully saturated rings. The lowest BCUT2D eigenvalue weighted by atomic mass is 10.2. The van der Waals surface area contributed by atoms with Crippen molar-refractivity contribution < 1.29 is 4.74 Å². The number of para-hydroxylation sites is 1. The Morgan fingerprint density at radius 1 is 1.27 bits per heavy atom. The van der Waals surface area contributed by atoms with Crippen molar-refractivity contribution in [3.05, 3.63) is 50.6 Å². The molecule has 4 nitrogen and oxygen atoms in total. The maximum Gasteiger partial charge on any atom is 0.191 e. The van der Waals surface area contributed by atoms with Crippen molar-refractivity contribution in [2.45, 2.75) is 13.1 Å². The molecule has 2 N–H and O–H groups in total. The number of rotatable bonds is 5. The molecule has 0 spiro atoms. The van der Waals surface area contributed by atoms with E-state index in [1.165, 1.54) is 4.88 Å². The summed E-state index contributed by atoms with van der Waals surface area (Å²) in [5.41, 5.74) is 1.10. The lowest BCUT2D eigenvalue weighted by Crippen LogP contribution is -2.36. The third kappa shape index (κ3) is 5.77. The van der Waals surface area contributed by atoms with Crippen LogP contribution in [0.3, 0.4) is 0 Å². The van der Waals surface area contributed by atoms with Crippen LogP contribution in [0.25, 0.3) is 0 Å². The van der Waals surface area contributed by atoms with Crippen molar-refractivity contribution in [3.8, 4) is 5.75 Å². The van der Waals surface area contributed by atoms with Crippen LogP contribution in [0, 0.1) is 0 Å². The molecule has 0 aliphatic heterocycles. The highest BCUT2D eigenvalue weighted by atomic mass is 127. The summed E-state index contributed by atoms with van der Waals surface area (Å²) in [4.78, 5) is 5.48. The Hall–Kier alpha value is -0.800. The SMILES string of the molecule is CN=C(NCc1cc(Br)cs1)NCc1ccccc1OC.I. The lowest BCUT2D eigenvalue weighted by Gasteiger charge is -2.13. The van der Waals surface area contributed by atoms with Crippen LogP contribution in [-0.4, -0.2) is 20.1 Å². The number of hydrogen-bond acceptors (Lipinski definition) is 3. The summed E-state index contributed by atoms with van der Waals surface area (Å²) < 4.78 is 6.45. The molecule has 1 aromatic heterocycles. The van der Waals surface area contributed by atoms with E-state index >= 15 is 0 Å². The van der Waals surface area contributed by atoms with Gasteiger partial charge in [-0.3, -0.25) is 4.99 Å². The van der Waals surface area contributed by atoms with Crippen molar-refractivity contribution in [1.29, 1.82) is 0 Å². The molecule has 1 heterocycles. The third-order valence-corrected chi connectivity index (χ3v) is 4.61. The van der Waals surface area contributed by atoms with Crippen LogP contribution < -0.4 is 15.4 Å². The van der Waals surface area contributed by atoms with Crippen molar-refractivity contribution in [3.63, 3.8) is 0 Å². The Kier molecular flexibility index (Phi) is 8.81. The number of thiophene rings is 1. The van der Waals surface area contributed by atoms with Gasteiger partial charge in [-0.1, -0.05) is 18.2 Å². The molecule has 0 radical (unpaired) electrons. The highest BCUT2D eigenvalue weighted by molar-refractivity contribution is 14.0. The second-order valence-electron chi connectivity index (χ2n) is 4.32. The molecule has 0 bridgehead atoms. The Labute approximate surface area is 160 Å². The van der Waals surface area contributed by atoms with Gasteiger partial charge in [-0.2, -0.15) is 0 Å². The summed E-state index contributed by atoms with van der Waals surface area (Å²) in [6, 6.07) is 10.1. The summed E-state index contributed by atoms with van der Waals surface area (Å²) >= 11 is 5.17. The van der Waals surface area contributed by atoms with Crippen LogP contribution in [-0.2, 0) is 13.1 Å². The molecule has 0 saturated heterocycles. The van der Waals surface area contributed by atoms with Gasteiger partial charge >= 0.3 is 0 Å². The predicted octanol–water partition coefficient (Wildman–Crippen LogP) is 4.00. The van der Waals surface area contributed by atoms with Crippen molar-refractivity contribution in [2.24, 2.45) is 4.99 Å². The Bertz CT molecular complexity index is 618. The van der Waals surface area contributed by atoms with Crippen LogP contribution in [0.5, 0.6) is 5.75 Å². The fourth-order valence-corrected chi connectivity index (χ4v) is 3.26. The minimum absolute atomic E-state index is 0. The molecule has 2 rings (SSSR count). The second-order valence-corrected chi connectivity index (χ2v) is 6.23. The molecular formula is C15H19BrIN3OS. The van der Waals surface area contributed by atoms with Gasteiger partial charge in [-0.15, -0.1) is 35.3 Å². The van der Waals surface area contributed by atoms with Crippen LogP contribution >= 0.6 is 51.2 Å². The quantitative estimate of drug-likeness (QED) is 0.374. The van der Waals surface area contributed by atoms with Crippen molar-refractivity contribution in [1.82, 2.24) is 10.6 Å². The fraction of sp³-hybridized carbons (Fsp3) is 0.267. The first kappa shape index (κ1) is 19.2. The molecule has 22 heavy (non-hydrogen) atoms. The number of hydrogen-bond donors (Lipinski definition) is 2. The molecular weight excluding hydrogens is 477 g/mol.